The lowest BCUT2D eigenvalue weighted by molar-refractivity contribution is -0.117. The van der Waals surface area contributed by atoms with Crippen LogP contribution in [0.25, 0.3) is 11.1 Å². The summed E-state index contributed by atoms with van der Waals surface area (Å²) in [6.07, 6.45) is 3.58. The first kappa shape index (κ1) is 32.3. The van der Waals surface area contributed by atoms with Gasteiger partial charge in [0, 0.05) is 62.5 Å². The summed E-state index contributed by atoms with van der Waals surface area (Å²) in [4.78, 5) is 46.0. The van der Waals surface area contributed by atoms with Crippen molar-refractivity contribution in [2.45, 2.75) is 37.7 Å². The average Bonchev–Trinajstić information content (AvgIpc) is 3.85. The quantitative estimate of drug-likeness (QED) is 0.186. The summed E-state index contributed by atoms with van der Waals surface area (Å²) < 4.78 is 2.03. The van der Waals surface area contributed by atoms with Crippen LogP contribution in [0.5, 0.6) is 0 Å². The Hall–Kier alpha value is -5.24. The van der Waals surface area contributed by atoms with Gasteiger partial charge in [0.1, 0.15) is 5.69 Å². The number of aromatic nitrogens is 5. The van der Waals surface area contributed by atoms with E-state index in [0.717, 1.165) is 41.0 Å². The molecule has 1 aliphatic carbocycles. The Balaban J connectivity index is 1.12. The van der Waals surface area contributed by atoms with Gasteiger partial charge in [-0.3, -0.25) is 19.1 Å². The molecular formula is C33H35B2N11O3. The first-order chi connectivity index (χ1) is 23.6. The van der Waals surface area contributed by atoms with Gasteiger partial charge in [0.25, 0.3) is 11.8 Å². The van der Waals surface area contributed by atoms with Gasteiger partial charge in [0.15, 0.2) is 11.5 Å². The normalized spacial score (nSPS) is 15.9. The fourth-order valence-corrected chi connectivity index (χ4v) is 6.32. The number of rotatable bonds is 10. The Morgan fingerprint density at radius 3 is 2.51 bits per heavy atom. The second kappa shape index (κ2) is 12.7. The molecule has 1 saturated carbocycles. The van der Waals surface area contributed by atoms with Gasteiger partial charge in [-0.2, -0.15) is 5.10 Å². The molecule has 0 bridgehead atoms. The molecule has 4 aromatic rings. The van der Waals surface area contributed by atoms with Crippen LogP contribution in [0.1, 0.15) is 58.2 Å². The molecule has 3 aromatic heterocycles. The first-order valence-corrected chi connectivity index (χ1v) is 16.3. The van der Waals surface area contributed by atoms with Crippen molar-refractivity contribution in [3.63, 3.8) is 0 Å². The minimum atomic E-state index is -1.37. The number of amides is 3. The van der Waals surface area contributed by atoms with Gasteiger partial charge in [-0.25, -0.2) is 4.98 Å². The van der Waals surface area contributed by atoms with Crippen molar-refractivity contribution in [2.24, 2.45) is 5.92 Å². The van der Waals surface area contributed by atoms with Crippen LogP contribution in [0.15, 0.2) is 48.7 Å². The maximum Gasteiger partial charge on any atom is 0.273 e. The van der Waals surface area contributed by atoms with E-state index in [1.54, 1.807) is 24.3 Å². The number of carbonyl (C=O) groups excluding carboxylic acids is 3. The molecule has 2 aliphatic heterocycles. The lowest BCUT2D eigenvalue weighted by Gasteiger charge is -2.50. The number of pyridine rings is 1. The van der Waals surface area contributed by atoms with E-state index in [0.29, 0.717) is 37.6 Å². The van der Waals surface area contributed by atoms with Crippen molar-refractivity contribution in [2.75, 3.05) is 49.3 Å². The van der Waals surface area contributed by atoms with Crippen LogP contribution in [0.2, 0.25) is 0 Å². The molecule has 5 heterocycles. The predicted octanol–water partition coefficient (Wildman–Crippen LogP) is 1.89. The van der Waals surface area contributed by atoms with Crippen molar-refractivity contribution < 1.29 is 14.4 Å². The van der Waals surface area contributed by atoms with Gasteiger partial charge in [0.2, 0.25) is 5.91 Å². The van der Waals surface area contributed by atoms with Crippen LogP contribution in [0, 0.1) is 5.92 Å². The van der Waals surface area contributed by atoms with E-state index in [1.165, 1.54) is 7.05 Å². The Labute approximate surface area is 286 Å². The molecule has 2 fully saturated rings. The number of nitrogens with zero attached hydrogens (tertiary/aromatic N) is 7. The van der Waals surface area contributed by atoms with Gasteiger partial charge in [-0.1, -0.05) is 18.2 Å². The minimum absolute atomic E-state index is 0.00740. The van der Waals surface area contributed by atoms with Crippen molar-refractivity contribution in [3.8, 4) is 11.1 Å². The molecule has 246 valence electrons. The van der Waals surface area contributed by atoms with E-state index in [2.05, 4.69) is 41.3 Å². The zero-order chi connectivity index (χ0) is 34.4. The number of hydrogen-bond donors (Lipinski definition) is 4. The van der Waals surface area contributed by atoms with E-state index in [1.807, 2.05) is 47.9 Å². The predicted molar refractivity (Wildman–Crippen MR) is 186 cm³/mol. The number of fused-ring (bicyclic) bond motifs is 3. The second-order valence-electron chi connectivity index (χ2n) is 12.6. The van der Waals surface area contributed by atoms with E-state index in [4.69, 9.17) is 20.8 Å². The molecule has 14 nitrogen and oxygen atoms in total. The smallest absolute Gasteiger partial charge is 0.273 e. The highest BCUT2D eigenvalue weighted by Crippen LogP contribution is 2.45. The van der Waals surface area contributed by atoms with Crippen LogP contribution >= 0.6 is 0 Å². The molecule has 4 N–H and O–H groups in total. The molecule has 0 spiro atoms. The molecule has 3 aliphatic rings. The van der Waals surface area contributed by atoms with Crippen LogP contribution in [-0.4, -0.2) is 97.0 Å². The second-order valence-corrected chi connectivity index (χ2v) is 12.6. The standard InChI is InChI=1S/C33H35B2N11O3/c1-4-37-31(48)23-9-6-10-26(40-23)33(34,35)45-15-19(16-45)46-25-17-44(3)29-20(21(25)14-38-46)7-5-8-22(29)39-24-13-27(41-30(47)18-11-12-18)42-43-28(24)32(49)36-2/h5-10,13-14,18-19H,4,11-12,15-17H2,1-3H3,(H,36,49)(H,37,48)(H2,39,41,42,47). The number of nitrogens with one attached hydrogen (secondary N) is 4. The molecule has 3 amide bonds. The molecule has 7 rings (SSSR count). The molecule has 49 heavy (non-hydrogen) atoms. The van der Waals surface area contributed by atoms with Gasteiger partial charge >= 0.3 is 0 Å². The van der Waals surface area contributed by atoms with E-state index < -0.39 is 11.2 Å². The monoisotopic (exact) mass is 655 g/mol. The SMILES string of the molecule is [B]C([B])(c1cccc(C(=O)NCC)n1)N1CC(n2ncc3c2CN(C)c2c(Nc4cc(NC(=O)C5CC5)nnc4C(=O)NC)cccc2-3)C1. The van der Waals surface area contributed by atoms with Crippen molar-refractivity contribution in [3.05, 3.63) is 71.4 Å². The number of anilines is 4. The Morgan fingerprint density at radius 2 is 1.78 bits per heavy atom. The van der Waals surface area contributed by atoms with Crippen molar-refractivity contribution in [1.82, 2.24) is 40.5 Å². The molecular weight excluding hydrogens is 620 g/mol. The van der Waals surface area contributed by atoms with Crippen LogP contribution in [0.4, 0.5) is 22.9 Å². The molecule has 1 aromatic carbocycles. The lowest BCUT2D eigenvalue weighted by Crippen LogP contribution is -2.60. The number of hydrogen-bond acceptors (Lipinski definition) is 10. The topological polar surface area (TPSA) is 162 Å². The largest absolute Gasteiger partial charge is 0.366 e. The number of carbonyl (C=O) groups is 3. The summed E-state index contributed by atoms with van der Waals surface area (Å²) in [5.74, 6) is -0.524. The third kappa shape index (κ3) is 6.01. The van der Waals surface area contributed by atoms with Gasteiger partial charge in [-0.05, 0) is 43.3 Å². The Morgan fingerprint density at radius 1 is 1.00 bits per heavy atom. The number of para-hydroxylation sites is 1. The van der Waals surface area contributed by atoms with E-state index in [9.17, 15) is 14.4 Å². The summed E-state index contributed by atoms with van der Waals surface area (Å²) >= 11 is 0. The third-order valence-electron chi connectivity index (χ3n) is 9.16. The van der Waals surface area contributed by atoms with Gasteiger partial charge in [0.05, 0.1) is 57.2 Å². The maximum atomic E-state index is 12.7. The Kier molecular flexibility index (Phi) is 8.35. The van der Waals surface area contributed by atoms with Crippen molar-refractivity contribution >= 4 is 56.3 Å². The summed E-state index contributed by atoms with van der Waals surface area (Å²) in [5, 5.41) is 23.2. The average molecular weight is 655 g/mol. The molecule has 0 atom stereocenters. The van der Waals surface area contributed by atoms with Crippen LogP contribution < -0.4 is 26.2 Å². The highest BCUT2D eigenvalue weighted by molar-refractivity contribution is 6.39. The fraction of sp³-hybridized carbons (Fsp3) is 0.364. The number of benzene rings is 1. The van der Waals surface area contributed by atoms with Gasteiger partial charge in [-0.15, -0.1) is 10.2 Å². The lowest BCUT2D eigenvalue weighted by atomic mass is 9.57. The molecule has 16 heteroatoms. The van der Waals surface area contributed by atoms with Crippen LogP contribution in [0.3, 0.4) is 0 Å². The van der Waals surface area contributed by atoms with Crippen molar-refractivity contribution in [1.29, 1.82) is 0 Å². The summed E-state index contributed by atoms with van der Waals surface area (Å²) in [7, 11) is 16.7. The summed E-state index contributed by atoms with van der Waals surface area (Å²) in [5.41, 5.74) is 5.89. The zero-order valence-corrected chi connectivity index (χ0v) is 27.5. The minimum Gasteiger partial charge on any atom is -0.366 e. The van der Waals surface area contributed by atoms with Gasteiger partial charge < -0.3 is 31.1 Å². The number of likely N-dealkylation sites (tertiary alicyclic amines) is 1. The molecule has 1 saturated heterocycles. The zero-order valence-electron chi connectivity index (χ0n) is 27.5. The Bertz CT molecular complexity index is 1960. The first-order valence-electron chi connectivity index (χ1n) is 16.3. The summed E-state index contributed by atoms with van der Waals surface area (Å²) in [6.45, 7) is 4.00. The highest BCUT2D eigenvalue weighted by Gasteiger charge is 2.41. The van der Waals surface area contributed by atoms with E-state index in [-0.39, 0.29) is 41.0 Å². The summed E-state index contributed by atoms with van der Waals surface area (Å²) in [6, 6.07) is 12.7. The van der Waals surface area contributed by atoms with Crippen LogP contribution in [-0.2, 0) is 16.7 Å². The fourth-order valence-electron chi connectivity index (χ4n) is 6.32. The molecule has 4 radical (unpaired) electrons. The maximum absolute atomic E-state index is 12.7. The third-order valence-corrected chi connectivity index (χ3v) is 9.16. The highest BCUT2D eigenvalue weighted by atomic mass is 16.2. The van der Waals surface area contributed by atoms with E-state index >= 15 is 0 Å². The molecule has 0 unspecified atom stereocenters.